The van der Waals surface area contributed by atoms with Crippen LogP contribution in [0, 0.1) is 5.92 Å². The summed E-state index contributed by atoms with van der Waals surface area (Å²) in [7, 11) is 0. The van der Waals surface area contributed by atoms with E-state index in [1.807, 2.05) is 32.9 Å². The molecule has 0 radical (unpaired) electrons. The van der Waals surface area contributed by atoms with Crippen molar-refractivity contribution in [2.24, 2.45) is 5.92 Å². The van der Waals surface area contributed by atoms with Gasteiger partial charge in [0, 0.05) is 12.7 Å². The molecule has 2 heterocycles. The van der Waals surface area contributed by atoms with Crippen LogP contribution in [0.4, 0.5) is 10.6 Å². The fourth-order valence-corrected chi connectivity index (χ4v) is 4.48. The predicted octanol–water partition coefficient (Wildman–Crippen LogP) is 4.05. The summed E-state index contributed by atoms with van der Waals surface area (Å²) in [5.41, 5.74) is 0.444. The first-order chi connectivity index (χ1) is 13.3. The lowest BCUT2D eigenvalue weighted by molar-refractivity contribution is -0.119. The van der Waals surface area contributed by atoms with Crippen molar-refractivity contribution in [2.75, 3.05) is 11.4 Å². The first kappa shape index (κ1) is 20.9. The molecule has 2 amide bonds. The smallest absolute Gasteiger partial charge is 0.407 e. The van der Waals surface area contributed by atoms with E-state index in [0.29, 0.717) is 12.4 Å². The van der Waals surface area contributed by atoms with Gasteiger partial charge in [0.15, 0.2) is 0 Å². The van der Waals surface area contributed by atoms with Gasteiger partial charge in [0.1, 0.15) is 16.8 Å². The van der Waals surface area contributed by atoms with Gasteiger partial charge < -0.3 is 10.1 Å². The van der Waals surface area contributed by atoms with Gasteiger partial charge in [0.05, 0.1) is 6.04 Å². The quantitative estimate of drug-likeness (QED) is 0.764. The Balaban J connectivity index is 1.76. The van der Waals surface area contributed by atoms with Gasteiger partial charge in [-0.3, -0.25) is 9.69 Å². The van der Waals surface area contributed by atoms with Crippen LogP contribution in [0.15, 0.2) is 18.3 Å². The van der Waals surface area contributed by atoms with E-state index in [-0.39, 0.29) is 11.8 Å². The minimum atomic E-state index is -0.858. The highest BCUT2D eigenvalue weighted by Gasteiger charge is 2.39. The molecule has 1 fully saturated rings. The first-order valence-electron chi connectivity index (χ1n) is 10.1. The molecule has 154 valence electrons. The topological polar surface area (TPSA) is 71.5 Å². The molecule has 1 N–H and O–H groups in total. The number of anilines is 1. The number of halogens is 1. The van der Waals surface area contributed by atoms with Crippen LogP contribution < -0.4 is 10.2 Å². The van der Waals surface area contributed by atoms with Gasteiger partial charge in [0.2, 0.25) is 5.91 Å². The van der Waals surface area contributed by atoms with Crippen LogP contribution in [0.25, 0.3) is 0 Å². The molecule has 28 heavy (non-hydrogen) atoms. The number of nitrogens with zero attached hydrogens (tertiary/aromatic N) is 2. The van der Waals surface area contributed by atoms with Gasteiger partial charge in [-0.15, -0.1) is 11.6 Å². The first-order valence-corrected chi connectivity index (χ1v) is 10.6. The molecule has 7 heteroatoms. The summed E-state index contributed by atoms with van der Waals surface area (Å²) >= 11 is 6.70. The molecule has 3 rings (SSSR count). The van der Waals surface area contributed by atoms with Gasteiger partial charge in [0.25, 0.3) is 0 Å². The number of rotatable bonds is 4. The van der Waals surface area contributed by atoms with Crippen molar-refractivity contribution in [1.82, 2.24) is 10.3 Å². The minimum Gasteiger partial charge on any atom is -0.444 e. The number of aromatic nitrogens is 1. The van der Waals surface area contributed by atoms with E-state index < -0.39 is 23.1 Å². The highest BCUT2D eigenvalue weighted by atomic mass is 35.5. The van der Waals surface area contributed by atoms with Crippen molar-refractivity contribution in [1.29, 1.82) is 0 Å². The SMILES string of the molecule is CC(C)(C)OC(=O)N[C@@H](C1CCCCC1)[C@@H](Cl)C(=O)N1CCc2cccnc21. The van der Waals surface area contributed by atoms with Gasteiger partial charge in [-0.25, -0.2) is 9.78 Å². The molecule has 1 saturated carbocycles. The lowest BCUT2D eigenvalue weighted by atomic mass is 9.82. The summed E-state index contributed by atoms with van der Waals surface area (Å²) in [5, 5.41) is 2.05. The van der Waals surface area contributed by atoms with Crippen molar-refractivity contribution in [3.05, 3.63) is 23.9 Å². The number of carbonyl (C=O) groups is 2. The summed E-state index contributed by atoms with van der Waals surface area (Å²) in [6.07, 6.45) is 7.18. The fourth-order valence-electron chi connectivity index (χ4n) is 4.09. The number of carbonyl (C=O) groups excluding carboxylic acids is 2. The minimum absolute atomic E-state index is 0.165. The third-order valence-electron chi connectivity index (χ3n) is 5.39. The second-order valence-corrected chi connectivity index (χ2v) is 9.17. The molecule has 0 bridgehead atoms. The van der Waals surface area contributed by atoms with E-state index in [9.17, 15) is 9.59 Å². The van der Waals surface area contributed by atoms with Gasteiger partial charge in [-0.1, -0.05) is 25.3 Å². The Kier molecular flexibility index (Phi) is 6.48. The number of ether oxygens (including phenoxy) is 1. The molecule has 6 nitrogen and oxygen atoms in total. The van der Waals surface area contributed by atoms with Crippen molar-refractivity contribution in [2.45, 2.75) is 76.3 Å². The van der Waals surface area contributed by atoms with Crippen LogP contribution in [-0.4, -0.2) is 40.5 Å². The molecule has 0 saturated heterocycles. The molecule has 0 spiro atoms. The maximum Gasteiger partial charge on any atom is 0.407 e. The molecule has 2 atom stereocenters. The maximum atomic E-state index is 13.2. The van der Waals surface area contributed by atoms with E-state index in [1.165, 1.54) is 6.42 Å². The monoisotopic (exact) mass is 407 g/mol. The van der Waals surface area contributed by atoms with E-state index in [2.05, 4.69) is 10.3 Å². The lowest BCUT2D eigenvalue weighted by Crippen LogP contribution is -2.53. The van der Waals surface area contributed by atoms with Gasteiger partial charge in [-0.05, 0) is 57.6 Å². The summed E-state index contributed by atoms with van der Waals surface area (Å²) in [4.78, 5) is 31.7. The van der Waals surface area contributed by atoms with E-state index in [1.54, 1.807) is 11.1 Å². The Morgan fingerprint density at radius 2 is 2.00 bits per heavy atom. The van der Waals surface area contributed by atoms with Crippen molar-refractivity contribution < 1.29 is 14.3 Å². The third kappa shape index (κ3) is 4.96. The van der Waals surface area contributed by atoms with Crippen LogP contribution in [0.1, 0.15) is 58.4 Å². The Bertz CT molecular complexity index is 713. The Morgan fingerprint density at radius 1 is 1.29 bits per heavy atom. The molecule has 1 aliphatic heterocycles. The van der Waals surface area contributed by atoms with Crippen LogP contribution in [0.5, 0.6) is 0 Å². The van der Waals surface area contributed by atoms with E-state index in [4.69, 9.17) is 16.3 Å². The predicted molar refractivity (Wildman–Crippen MR) is 110 cm³/mol. The highest BCUT2D eigenvalue weighted by molar-refractivity contribution is 6.33. The van der Waals surface area contributed by atoms with Crippen LogP contribution in [0.2, 0.25) is 0 Å². The average Bonchev–Trinajstić information content (AvgIpc) is 3.08. The van der Waals surface area contributed by atoms with Gasteiger partial charge >= 0.3 is 6.09 Å². The van der Waals surface area contributed by atoms with Crippen molar-refractivity contribution >= 4 is 29.4 Å². The number of hydrogen-bond donors (Lipinski definition) is 1. The molecule has 0 aromatic carbocycles. The zero-order chi connectivity index (χ0) is 20.3. The summed E-state index contributed by atoms with van der Waals surface area (Å²) in [5.74, 6) is 0.641. The number of nitrogens with one attached hydrogen (secondary N) is 1. The van der Waals surface area contributed by atoms with Crippen molar-refractivity contribution in [3.63, 3.8) is 0 Å². The number of hydrogen-bond acceptors (Lipinski definition) is 4. The second-order valence-electron chi connectivity index (χ2n) is 8.70. The molecular formula is C21H30ClN3O3. The van der Waals surface area contributed by atoms with Crippen LogP contribution in [-0.2, 0) is 16.0 Å². The Morgan fingerprint density at radius 3 is 2.68 bits per heavy atom. The van der Waals surface area contributed by atoms with E-state index in [0.717, 1.165) is 37.7 Å². The second kappa shape index (κ2) is 8.68. The van der Waals surface area contributed by atoms with E-state index >= 15 is 0 Å². The van der Waals surface area contributed by atoms with Crippen molar-refractivity contribution in [3.8, 4) is 0 Å². The highest BCUT2D eigenvalue weighted by Crippen LogP contribution is 2.32. The molecule has 0 unspecified atom stereocenters. The molecule has 1 aromatic rings. The lowest BCUT2D eigenvalue weighted by Gasteiger charge is -2.35. The fraction of sp³-hybridized carbons (Fsp3) is 0.667. The summed E-state index contributed by atoms with van der Waals surface area (Å²) in [6.45, 7) is 6.02. The molecular weight excluding hydrogens is 378 g/mol. The number of pyridine rings is 1. The van der Waals surface area contributed by atoms with Crippen LogP contribution in [0.3, 0.4) is 0 Å². The molecule has 2 aliphatic rings. The summed E-state index contributed by atoms with van der Waals surface area (Å²) in [6, 6.07) is 3.40. The zero-order valence-electron chi connectivity index (χ0n) is 16.9. The molecule has 1 aromatic heterocycles. The Hall–Kier alpha value is -1.82. The average molecular weight is 408 g/mol. The van der Waals surface area contributed by atoms with Crippen LogP contribution >= 0.6 is 11.6 Å². The Labute approximate surface area is 172 Å². The third-order valence-corrected chi connectivity index (χ3v) is 5.84. The zero-order valence-corrected chi connectivity index (χ0v) is 17.7. The number of fused-ring (bicyclic) bond motifs is 1. The molecule has 1 aliphatic carbocycles. The summed E-state index contributed by atoms with van der Waals surface area (Å²) < 4.78 is 5.42. The largest absolute Gasteiger partial charge is 0.444 e. The number of alkyl carbamates (subject to hydrolysis) is 1. The maximum absolute atomic E-state index is 13.2. The number of amides is 2. The standard InChI is InChI=1S/C21H30ClN3O3/c1-21(2,3)28-20(27)24-17(14-8-5-4-6-9-14)16(22)19(26)25-13-11-15-10-7-12-23-18(15)25/h7,10,12,14,16-17H,4-6,8-9,11,13H2,1-3H3,(H,24,27)/t16-,17+/m1/s1. The number of alkyl halides is 1. The van der Waals surface area contributed by atoms with Gasteiger partial charge in [-0.2, -0.15) is 0 Å². The normalized spacial score (nSPS) is 19.6.